The largest absolute Gasteiger partial charge is 0.271 e. The Hall–Kier alpha value is -0.0800. The molecular weight excluding hydrogens is 196 g/mol. The van der Waals surface area contributed by atoms with Gasteiger partial charge in [0.25, 0.3) is 0 Å². The van der Waals surface area contributed by atoms with Gasteiger partial charge in [0.05, 0.1) is 0 Å². The average molecular weight is 224 g/mol. The van der Waals surface area contributed by atoms with Crippen molar-refractivity contribution in [2.45, 2.75) is 76.7 Å². The van der Waals surface area contributed by atoms with Gasteiger partial charge in [0.15, 0.2) is 0 Å². The fraction of sp³-hybridized carbons (Fsp3) is 1.00. The summed E-state index contributed by atoms with van der Waals surface area (Å²) in [6.45, 7) is 0. The van der Waals surface area contributed by atoms with E-state index in [4.69, 9.17) is 5.84 Å². The van der Waals surface area contributed by atoms with E-state index in [9.17, 15) is 0 Å². The van der Waals surface area contributed by atoms with E-state index in [1.807, 2.05) is 0 Å². The van der Waals surface area contributed by atoms with Gasteiger partial charge in [-0.05, 0) is 31.1 Å². The molecule has 0 amide bonds. The van der Waals surface area contributed by atoms with Crippen molar-refractivity contribution in [2.75, 3.05) is 0 Å². The highest BCUT2D eigenvalue weighted by Gasteiger charge is 2.22. The monoisotopic (exact) mass is 224 g/mol. The van der Waals surface area contributed by atoms with Crippen molar-refractivity contribution in [2.24, 2.45) is 17.7 Å². The second kappa shape index (κ2) is 6.61. The molecule has 16 heavy (non-hydrogen) atoms. The minimum Gasteiger partial charge on any atom is -0.271 e. The van der Waals surface area contributed by atoms with Crippen LogP contribution in [0.5, 0.6) is 0 Å². The van der Waals surface area contributed by atoms with Crippen LogP contribution in [0.3, 0.4) is 0 Å². The molecule has 2 aliphatic rings. The van der Waals surface area contributed by atoms with Crippen molar-refractivity contribution >= 4 is 0 Å². The van der Waals surface area contributed by atoms with Gasteiger partial charge in [0, 0.05) is 6.04 Å². The van der Waals surface area contributed by atoms with Gasteiger partial charge in [-0.15, -0.1) is 0 Å². The first kappa shape index (κ1) is 12.4. The van der Waals surface area contributed by atoms with Crippen LogP contribution in [0.25, 0.3) is 0 Å². The summed E-state index contributed by atoms with van der Waals surface area (Å²) in [5, 5.41) is 0. The molecule has 2 aliphatic carbocycles. The van der Waals surface area contributed by atoms with Crippen LogP contribution in [0.2, 0.25) is 0 Å². The van der Waals surface area contributed by atoms with E-state index >= 15 is 0 Å². The fourth-order valence-electron chi connectivity index (χ4n) is 3.31. The molecule has 2 rings (SSSR count). The quantitative estimate of drug-likeness (QED) is 0.536. The van der Waals surface area contributed by atoms with E-state index < -0.39 is 0 Å². The van der Waals surface area contributed by atoms with E-state index in [-0.39, 0.29) is 0 Å². The summed E-state index contributed by atoms with van der Waals surface area (Å²) in [5.74, 6) is 7.65. The smallest absolute Gasteiger partial charge is 0.0213 e. The van der Waals surface area contributed by atoms with E-state index in [1.54, 1.807) is 0 Å². The van der Waals surface area contributed by atoms with Crippen molar-refractivity contribution in [1.82, 2.24) is 5.43 Å². The van der Waals surface area contributed by atoms with Crippen molar-refractivity contribution in [1.29, 1.82) is 0 Å². The lowest BCUT2D eigenvalue weighted by Gasteiger charge is -2.30. The summed E-state index contributed by atoms with van der Waals surface area (Å²) < 4.78 is 0. The van der Waals surface area contributed by atoms with Crippen molar-refractivity contribution < 1.29 is 0 Å². The summed E-state index contributed by atoms with van der Waals surface area (Å²) in [6.07, 6.45) is 15.7. The maximum absolute atomic E-state index is 5.67. The molecule has 94 valence electrons. The fourth-order valence-corrected chi connectivity index (χ4v) is 3.31. The summed E-state index contributed by atoms with van der Waals surface area (Å²) in [5.41, 5.74) is 3.04. The average Bonchev–Trinajstić information content (AvgIpc) is 2.28. The Morgan fingerprint density at radius 2 is 1.62 bits per heavy atom. The van der Waals surface area contributed by atoms with Gasteiger partial charge in [-0.1, -0.05) is 51.4 Å². The topological polar surface area (TPSA) is 38.0 Å². The molecule has 2 heteroatoms. The third kappa shape index (κ3) is 3.74. The predicted octanol–water partition coefficient (Wildman–Crippen LogP) is 3.37. The minimum absolute atomic E-state index is 0.590. The van der Waals surface area contributed by atoms with E-state index in [0.29, 0.717) is 6.04 Å². The molecule has 0 heterocycles. The molecule has 0 radical (unpaired) electrons. The molecule has 0 aromatic heterocycles. The van der Waals surface area contributed by atoms with Crippen molar-refractivity contribution in [3.05, 3.63) is 0 Å². The van der Waals surface area contributed by atoms with Crippen molar-refractivity contribution in [3.8, 4) is 0 Å². The highest BCUT2D eigenvalue weighted by molar-refractivity contribution is 4.77. The van der Waals surface area contributed by atoms with Crippen LogP contribution in [0.15, 0.2) is 0 Å². The van der Waals surface area contributed by atoms with Gasteiger partial charge < -0.3 is 0 Å². The van der Waals surface area contributed by atoms with E-state index in [1.165, 1.54) is 70.6 Å². The zero-order valence-corrected chi connectivity index (χ0v) is 10.6. The van der Waals surface area contributed by atoms with Crippen LogP contribution >= 0.6 is 0 Å². The Morgan fingerprint density at radius 1 is 0.938 bits per heavy atom. The Labute approximate surface area is 100 Å². The third-order valence-electron chi connectivity index (χ3n) is 4.73. The SMILES string of the molecule is NNC(CCC1CCCCC1)CC1CCC1. The zero-order valence-electron chi connectivity index (χ0n) is 10.6. The summed E-state index contributed by atoms with van der Waals surface area (Å²) >= 11 is 0. The normalized spacial score (nSPS) is 25.3. The maximum Gasteiger partial charge on any atom is 0.0213 e. The Balaban J connectivity index is 1.61. The number of rotatable bonds is 6. The van der Waals surface area contributed by atoms with E-state index in [2.05, 4.69) is 5.43 Å². The lowest BCUT2D eigenvalue weighted by molar-refractivity contribution is 0.240. The van der Waals surface area contributed by atoms with Gasteiger partial charge in [-0.25, -0.2) is 0 Å². The number of hydrogen-bond donors (Lipinski definition) is 2. The molecule has 0 bridgehead atoms. The second-order valence-electron chi connectivity index (χ2n) is 5.98. The molecule has 0 aromatic rings. The van der Waals surface area contributed by atoms with Gasteiger partial charge in [0.2, 0.25) is 0 Å². The van der Waals surface area contributed by atoms with Crippen LogP contribution in [-0.2, 0) is 0 Å². The van der Waals surface area contributed by atoms with Crippen LogP contribution in [0, 0.1) is 11.8 Å². The van der Waals surface area contributed by atoms with Gasteiger partial charge in [0.1, 0.15) is 0 Å². The number of nitrogens with one attached hydrogen (secondary N) is 1. The molecular formula is C14H28N2. The van der Waals surface area contributed by atoms with Crippen LogP contribution in [-0.4, -0.2) is 6.04 Å². The maximum atomic E-state index is 5.67. The Kier molecular flexibility index (Phi) is 5.11. The van der Waals surface area contributed by atoms with Gasteiger partial charge >= 0.3 is 0 Å². The van der Waals surface area contributed by atoms with Crippen LogP contribution in [0.4, 0.5) is 0 Å². The summed E-state index contributed by atoms with van der Waals surface area (Å²) in [6, 6.07) is 0.590. The number of hydrazine groups is 1. The molecule has 3 N–H and O–H groups in total. The zero-order chi connectivity index (χ0) is 11.2. The third-order valence-corrected chi connectivity index (χ3v) is 4.73. The molecule has 2 nitrogen and oxygen atoms in total. The van der Waals surface area contributed by atoms with Crippen LogP contribution in [0.1, 0.15) is 70.6 Å². The summed E-state index contributed by atoms with van der Waals surface area (Å²) in [7, 11) is 0. The molecule has 0 saturated heterocycles. The van der Waals surface area contributed by atoms with E-state index in [0.717, 1.165) is 11.8 Å². The second-order valence-corrected chi connectivity index (χ2v) is 5.98. The highest BCUT2D eigenvalue weighted by atomic mass is 15.2. The Morgan fingerprint density at radius 3 is 2.19 bits per heavy atom. The molecule has 2 fully saturated rings. The lowest BCUT2D eigenvalue weighted by atomic mass is 9.79. The molecule has 0 spiro atoms. The minimum atomic E-state index is 0.590. The summed E-state index contributed by atoms with van der Waals surface area (Å²) in [4.78, 5) is 0. The molecule has 1 atom stereocenters. The Bertz CT molecular complexity index is 183. The van der Waals surface area contributed by atoms with Crippen molar-refractivity contribution in [3.63, 3.8) is 0 Å². The lowest BCUT2D eigenvalue weighted by Crippen LogP contribution is -2.38. The standard InChI is InChI=1S/C14H28N2/c15-16-14(11-13-7-4-8-13)10-9-12-5-2-1-3-6-12/h12-14,16H,1-11,15H2. The van der Waals surface area contributed by atoms with Crippen LogP contribution < -0.4 is 11.3 Å². The first-order chi connectivity index (χ1) is 7.88. The number of nitrogens with two attached hydrogens (primary N) is 1. The molecule has 2 saturated carbocycles. The highest BCUT2D eigenvalue weighted by Crippen LogP contribution is 2.32. The molecule has 0 aliphatic heterocycles. The van der Waals surface area contributed by atoms with Gasteiger partial charge in [-0.2, -0.15) is 0 Å². The molecule has 0 aromatic carbocycles. The predicted molar refractivity (Wildman–Crippen MR) is 68.9 cm³/mol. The van der Waals surface area contributed by atoms with Gasteiger partial charge in [-0.3, -0.25) is 11.3 Å². The first-order valence-corrected chi connectivity index (χ1v) is 7.34. The number of hydrogen-bond acceptors (Lipinski definition) is 2. The first-order valence-electron chi connectivity index (χ1n) is 7.34. The molecule has 1 unspecified atom stereocenters.